The van der Waals surface area contributed by atoms with Gasteiger partial charge in [0, 0.05) is 60.0 Å². The van der Waals surface area contributed by atoms with E-state index in [1.54, 1.807) is 0 Å². The normalized spacial score (nSPS) is 17.0. The van der Waals surface area contributed by atoms with E-state index in [0.717, 1.165) is 55.4 Å². The van der Waals surface area contributed by atoms with Crippen molar-refractivity contribution in [1.29, 1.82) is 0 Å². The van der Waals surface area contributed by atoms with Gasteiger partial charge in [-0.3, -0.25) is 10.00 Å². The van der Waals surface area contributed by atoms with Crippen molar-refractivity contribution < 1.29 is 4.74 Å². The highest BCUT2D eigenvalue weighted by Crippen LogP contribution is 2.27. The maximum absolute atomic E-state index is 5.99. The van der Waals surface area contributed by atoms with Crippen molar-refractivity contribution in [2.75, 3.05) is 19.7 Å². The van der Waals surface area contributed by atoms with Crippen molar-refractivity contribution >= 4 is 11.6 Å². The van der Waals surface area contributed by atoms with Crippen LogP contribution in [0.25, 0.3) is 0 Å². The van der Waals surface area contributed by atoms with E-state index in [1.165, 1.54) is 5.56 Å². The summed E-state index contributed by atoms with van der Waals surface area (Å²) in [6, 6.07) is 9.65. The molecule has 1 aliphatic heterocycles. The zero-order valence-electron chi connectivity index (χ0n) is 17.5. The molecule has 0 aliphatic carbocycles. The number of H-pyrrole nitrogens is 1. The topological polar surface area (TPSA) is 66.9 Å². The van der Waals surface area contributed by atoms with Gasteiger partial charge < -0.3 is 4.74 Å². The summed E-state index contributed by atoms with van der Waals surface area (Å²) in [6.45, 7) is 7.78. The van der Waals surface area contributed by atoms with E-state index in [9.17, 15) is 0 Å². The van der Waals surface area contributed by atoms with Gasteiger partial charge in [0.1, 0.15) is 11.6 Å². The molecule has 1 aliphatic rings. The van der Waals surface area contributed by atoms with Gasteiger partial charge in [-0.1, -0.05) is 31.5 Å². The third-order valence-corrected chi connectivity index (χ3v) is 5.66. The summed E-state index contributed by atoms with van der Waals surface area (Å²) in [6.07, 6.45) is 5.83. The molecule has 1 saturated heterocycles. The van der Waals surface area contributed by atoms with Gasteiger partial charge in [0.25, 0.3) is 0 Å². The molecule has 1 N–H and O–H groups in total. The molecule has 0 saturated carbocycles. The fourth-order valence-corrected chi connectivity index (χ4v) is 3.95. The van der Waals surface area contributed by atoms with Crippen LogP contribution in [0.2, 0.25) is 5.02 Å². The molecule has 1 aromatic carbocycles. The number of nitrogens with one attached hydrogen (secondary N) is 1. The molecule has 4 rings (SSSR count). The van der Waals surface area contributed by atoms with Crippen LogP contribution in [0.4, 0.5) is 0 Å². The number of aromatic nitrogens is 4. The summed E-state index contributed by atoms with van der Waals surface area (Å²) in [5, 5.41) is 8.41. The highest BCUT2D eigenvalue weighted by molar-refractivity contribution is 6.30. The lowest BCUT2D eigenvalue weighted by Gasteiger charge is -2.15. The van der Waals surface area contributed by atoms with E-state index >= 15 is 0 Å². The Hall–Kier alpha value is -2.44. The zero-order chi connectivity index (χ0) is 20.9. The average molecular weight is 426 g/mol. The van der Waals surface area contributed by atoms with E-state index in [-0.39, 0.29) is 0 Å². The molecule has 0 radical (unpaired) electrons. The van der Waals surface area contributed by atoms with E-state index in [4.69, 9.17) is 16.3 Å². The van der Waals surface area contributed by atoms with Gasteiger partial charge in [0.15, 0.2) is 0 Å². The zero-order valence-corrected chi connectivity index (χ0v) is 18.3. The highest BCUT2D eigenvalue weighted by Gasteiger charge is 2.26. The first-order valence-electron chi connectivity index (χ1n) is 10.5. The minimum Gasteiger partial charge on any atom is -0.493 e. The molecule has 0 spiro atoms. The van der Waals surface area contributed by atoms with Crippen LogP contribution in [0.5, 0.6) is 5.75 Å². The Morgan fingerprint density at radius 3 is 2.83 bits per heavy atom. The van der Waals surface area contributed by atoms with Gasteiger partial charge in [-0.2, -0.15) is 5.10 Å². The number of rotatable bonds is 8. The number of benzene rings is 1. The molecule has 0 amide bonds. The largest absolute Gasteiger partial charge is 0.493 e. The molecular formula is C23H28ClN5O. The monoisotopic (exact) mass is 425 g/mol. The Balaban J connectivity index is 1.26. The van der Waals surface area contributed by atoms with Gasteiger partial charge in [-0.05, 0) is 37.2 Å². The Morgan fingerprint density at radius 1 is 1.23 bits per heavy atom. The Labute approximate surface area is 182 Å². The minimum atomic E-state index is 0.361. The number of likely N-dealkylation sites (tertiary alicyclic amines) is 1. The van der Waals surface area contributed by atoms with Crippen LogP contribution in [0.3, 0.4) is 0 Å². The van der Waals surface area contributed by atoms with E-state index in [0.29, 0.717) is 23.5 Å². The van der Waals surface area contributed by atoms with Crippen LogP contribution in [0.15, 0.2) is 42.7 Å². The second-order valence-corrected chi connectivity index (χ2v) is 8.64. The van der Waals surface area contributed by atoms with Gasteiger partial charge in [0.05, 0.1) is 12.3 Å². The van der Waals surface area contributed by atoms with E-state index < -0.39 is 0 Å². The number of halogens is 1. The van der Waals surface area contributed by atoms with Crippen molar-refractivity contribution in [3.63, 3.8) is 0 Å². The molecule has 7 heteroatoms. The van der Waals surface area contributed by atoms with E-state index in [2.05, 4.69) is 45.0 Å². The van der Waals surface area contributed by atoms with Crippen LogP contribution >= 0.6 is 11.6 Å². The van der Waals surface area contributed by atoms with Crippen molar-refractivity contribution in [2.24, 2.45) is 0 Å². The summed E-state index contributed by atoms with van der Waals surface area (Å²) >= 11 is 5.99. The molecule has 0 bridgehead atoms. The fraction of sp³-hybridized carbons (Fsp3) is 0.435. The van der Waals surface area contributed by atoms with Gasteiger partial charge in [-0.25, -0.2) is 9.97 Å². The first kappa shape index (κ1) is 20.8. The lowest BCUT2D eigenvalue weighted by atomic mass is 10.0. The SMILES string of the molecule is CC(C)c1ncc(CN2CCC(c3cc(CCOc4cccc(Cl)c4)[nH]n3)C2)cn1. The predicted octanol–water partition coefficient (Wildman–Crippen LogP) is 4.59. The summed E-state index contributed by atoms with van der Waals surface area (Å²) in [4.78, 5) is 11.4. The van der Waals surface area contributed by atoms with Gasteiger partial charge >= 0.3 is 0 Å². The number of hydrogen-bond donors (Lipinski definition) is 1. The fourth-order valence-electron chi connectivity index (χ4n) is 3.77. The maximum Gasteiger partial charge on any atom is 0.130 e. The lowest BCUT2D eigenvalue weighted by Crippen LogP contribution is -2.20. The summed E-state index contributed by atoms with van der Waals surface area (Å²) < 4.78 is 5.78. The first-order chi connectivity index (χ1) is 14.6. The Kier molecular flexibility index (Phi) is 6.65. The van der Waals surface area contributed by atoms with Crippen LogP contribution in [0.1, 0.15) is 54.9 Å². The summed E-state index contributed by atoms with van der Waals surface area (Å²) in [5.74, 6) is 2.51. The second-order valence-electron chi connectivity index (χ2n) is 8.20. The molecule has 1 fully saturated rings. The van der Waals surface area contributed by atoms with Crippen molar-refractivity contribution in [3.8, 4) is 5.75 Å². The minimum absolute atomic E-state index is 0.361. The molecule has 2 aromatic heterocycles. The standard InChI is InChI=1S/C23H28ClN5O/c1-16(2)23-25-12-17(13-26-23)14-29-8-6-18(15-29)22-11-20(27-28-22)7-9-30-21-5-3-4-19(24)10-21/h3-5,10-13,16,18H,6-9,14-15H2,1-2H3,(H,27,28). The van der Waals surface area contributed by atoms with Crippen LogP contribution in [-0.4, -0.2) is 44.8 Å². The predicted molar refractivity (Wildman–Crippen MR) is 118 cm³/mol. The molecule has 3 aromatic rings. The Morgan fingerprint density at radius 2 is 2.07 bits per heavy atom. The molecule has 1 unspecified atom stereocenters. The molecule has 3 heterocycles. The highest BCUT2D eigenvalue weighted by atomic mass is 35.5. The van der Waals surface area contributed by atoms with Crippen molar-refractivity contribution in [3.05, 3.63) is 70.5 Å². The van der Waals surface area contributed by atoms with Crippen LogP contribution < -0.4 is 4.74 Å². The third kappa shape index (κ3) is 5.37. The Bertz CT molecular complexity index is 956. The molecule has 6 nitrogen and oxygen atoms in total. The first-order valence-corrected chi connectivity index (χ1v) is 10.9. The summed E-state index contributed by atoms with van der Waals surface area (Å²) in [7, 11) is 0. The number of nitrogens with zero attached hydrogens (tertiary/aromatic N) is 4. The average Bonchev–Trinajstić information content (AvgIpc) is 3.38. The second kappa shape index (κ2) is 9.58. The van der Waals surface area contributed by atoms with Crippen LogP contribution in [0, 0.1) is 0 Å². The summed E-state index contributed by atoms with van der Waals surface area (Å²) in [5.41, 5.74) is 3.41. The quantitative estimate of drug-likeness (QED) is 0.571. The molecular weight excluding hydrogens is 398 g/mol. The van der Waals surface area contributed by atoms with Gasteiger partial charge in [-0.15, -0.1) is 0 Å². The number of aromatic amines is 1. The van der Waals surface area contributed by atoms with Crippen molar-refractivity contribution in [2.45, 2.75) is 45.1 Å². The van der Waals surface area contributed by atoms with Gasteiger partial charge in [0.2, 0.25) is 0 Å². The molecule has 30 heavy (non-hydrogen) atoms. The third-order valence-electron chi connectivity index (χ3n) is 5.43. The number of ether oxygens (including phenoxy) is 1. The molecule has 1 atom stereocenters. The van der Waals surface area contributed by atoms with Crippen LogP contribution in [-0.2, 0) is 13.0 Å². The number of hydrogen-bond acceptors (Lipinski definition) is 5. The van der Waals surface area contributed by atoms with E-state index in [1.807, 2.05) is 36.7 Å². The smallest absolute Gasteiger partial charge is 0.130 e. The maximum atomic E-state index is 5.99. The van der Waals surface area contributed by atoms with Crippen molar-refractivity contribution in [1.82, 2.24) is 25.1 Å². The molecule has 158 valence electrons. The lowest BCUT2D eigenvalue weighted by molar-refractivity contribution is 0.320.